The summed E-state index contributed by atoms with van der Waals surface area (Å²) in [5.74, 6) is -2.70. The van der Waals surface area contributed by atoms with Crippen molar-refractivity contribution < 1.29 is 23.1 Å². The molecule has 0 saturated carbocycles. The van der Waals surface area contributed by atoms with Gasteiger partial charge in [-0.25, -0.2) is 8.78 Å². The number of Topliss-reactive ketones (excluding diaryl/α,β-unsaturated/α-hetero) is 1. The number of ether oxygens (including phenoxy) is 1. The van der Waals surface area contributed by atoms with Gasteiger partial charge in [0, 0.05) is 19.2 Å². The number of likely N-dealkylation sites (tertiary alicyclic amines) is 1. The summed E-state index contributed by atoms with van der Waals surface area (Å²) in [4.78, 5) is 25.3. The van der Waals surface area contributed by atoms with Crippen molar-refractivity contribution >= 4 is 11.8 Å². The number of carbonyl (C=O) groups excluding carboxylic acids is 2. The van der Waals surface area contributed by atoms with E-state index < -0.39 is 23.5 Å². The summed E-state index contributed by atoms with van der Waals surface area (Å²) in [6.45, 7) is 2.80. The van der Waals surface area contributed by atoms with Crippen LogP contribution >= 0.6 is 0 Å². The van der Waals surface area contributed by atoms with Crippen LogP contribution in [0.1, 0.15) is 18.9 Å². The Morgan fingerprint density at radius 1 is 1.33 bits per heavy atom. The third-order valence-electron chi connectivity index (χ3n) is 3.40. The molecule has 0 aromatic heterocycles. The minimum atomic E-state index is -0.717. The van der Waals surface area contributed by atoms with Crippen LogP contribution in [0.4, 0.5) is 8.78 Å². The van der Waals surface area contributed by atoms with Crippen LogP contribution in [-0.2, 0) is 20.9 Å². The van der Waals surface area contributed by atoms with Gasteiger partial charge in [-0.3, -0.25) is 14.5 Å². The molecular formula is C15H17F2NO3. The summed E-state index contributed by atoms with van der Waals surface area (Å²) in [7, 11) is 0. The second kappa shape index (κ2) is 6.76. The number of hydrogen-bond acceptors (Lipinski definition) is 4. The molecule has 1 heterocycles. The lowest BCUT2D eigenvalue weighted by atomic mass is 9.95. The molecule has 1 fully saturated rings. The molecule has 114 valence electrons. The van der Waals surface area contributed by atoms with Gasteiger partial charge in [0.05, 0.1) is 13.2 Å². The maximum Gasteiger partial charge on any atom is 0.316 e. The molecule has 2 rings (SSSR count). The number of halogens is 2. The molecule has 0 aliphatic carbocycles. The zero-order valence-electron chi connectivity index (χ0n) is 11.8. The van der Waals surface area contributed by atoms with E-state index in [9.17, 15) is 18.4 Å². The maximum atomic E-state index is 13.1. The summed E-state index contributed by atoms with van der Waals surface area (Å²) in [5.41, 5.74) is 0.467. The SMILES string of the molecule is CCOC(=O)C1CCN(Cc2cc(F)cc(F)c2)CC1=O. The Morgan fingerprint density at radius 2 is 2.00 bits per heavy atom. The summed E-state index contributed by atoms with van der Waals surface area (Å²) < 4.78 is 31.1. The minimum Gasteiger partial charge on any atom is -0.465 e. The molecule has 1 saturated heterocycles. The maximum absolute atomic E-state index is 13.1. The van der Waals surface area contributed by atoms with Gasteiger partial charge in [0.1, 0.15) is 17.6 Å². The Bertz CT molecular complexity index is 527. The number of nitrogens with zero attached hydrogens (tertiary/aromatic N) is 1. The van der Waals surface area contributed by atoms with Gasteiger partial charge in [0.25, 0.3) is 0 Å². The molecule has 4 nitrogen and oxygen atoms in total. The molecule has 6 heteroatoms. The monoisotopic (exact) mass is 297 g/mol. The summed E-state index contributed by atoms with van der Waals surface area (Å²) in [5, 5.41) is 0. The van der Waals surface area contributed by atoms with Crippen LogP contribution in [0.5, 0.6) is 0 Å². The fraction of sp³-hybridized carbons (Fsp3) is 0.467. The highest BCUT2D eigenvalue weighted by Gasteiger charge is 2.33. The lowest BCUT2D eigenvalue weighted by Crippen LogP contribution is -2.43. The van der Waals surface area contributed by atoms with Gasteiger partial charge in [0.2, 0.25) is 0 Å². The molecule has 1 aliphatic heterocycles. The third kappa shape index (κ3) is 4.07. The Balaban J connectivity index is 1.96. The number of ketones is 1. The average Bonchev–Trinajstić information content (AvgIpc) is 2.37. The first-order valence-electron chi connectivity index (χ1n) is 6.86. The van der Waals surface area contributed by atoms with Crippen molar-refractivity contribution in [3.8, 4) is 0 Å². The lowest BCUT2D eigenvalue weighted by Gasteiger charge is -2.29. The second-order valence-corrected chi connectivity index (χ2v) is 5.05. The number of carbonyl (C=O) groups is 2. The molecule has 0 spiro atoms. The summed E-state index contributed by atoms with van der Waals surface area (Å²) >= 11 is 0. The predicted molar refractivity (Wildman–Crippen MR) is 71.4 cm³/mol. The smallest absolute Gasteiger partial charge is 0.316 e. The Morgan fingerprint density at radius 3 is 2.57 bits per heavy atom. The highest BCUT2D eigenvalue weighted by atomic mass is 19.1. The molecule has 0 amide bonds. The van der Waals surface area contributed by atoms with E-state index in [-0.39, 0.29) is 25.5 Å². The third-order valence-corrected chi connectivity index (χ3v) is 3.40. The quantitative estimate of drug-likeness (QED) is 0.629. The fourth-order valence-corrected chi connectivity index (χ4v) is 2.47. The van der Waals surface area contributed by atoms with Crippen molar-refractivity contribution in [2.75, 3.05) is 19.7 Å². The van der Waals surface area contributed by atoms with Crippen LogP contribution in [0.3, 0.4) is 0 Å². The van der Waals surface area contributed by atoms with E-state index in [1.165, 1.54) is 12.1 Å². The van der Waals surface area contributed by atoms with E-state index in [2.05, 4.69) is 0 Å². The van der Waals surface area contributed by atoms with E-state index in [0.717, 1.165) is 6.07 Å². The number of hydrogen-bond donors (Lipinski definition) is 0. The van der Waals surface area contributed by atoms with E-state index in [0.29, 0.717) is 18.5 Å². The van der Waals surface area contributed by atoms with E-state index in [1.807, 2.05) is 0 Å². The summed E-state index contributed by atoms with van der Waals surface area (Å²) in [6.07, 6.45) is 0.371. The first-order valence-corrected chi connectivity index (χ1v) is 6.86. The van der Waals surface area contributed by atoms with Crippen LogP contribution in [0.25, 0.3) is 0 Å². The van der Waals surface area contributed by atoms with E-state index in [1.54, 1.807) is 11.8 Å². The molecule has 0 N–H and O–H groups in total. The van der Waals surface area contributed by atoms with Crippen molar-refractivity contribution in [2.24, 2.45) is 5.92 Å². The van der Waals surface area contributed by atoms with Gasteiger partial charge >= 0.3 is 5.97 Å². The molecule has 0 radical (unpaired) electrons. The largest absolute Gasteiger partial charge is 0.465 e. The lowest BCUT2D eigenvalue weighted by molar-refractivity contribution is -0.153. The van der Waals surface area contributed by atoms with Crippen LogP contribution in [0.2, 0.25) is 0 Å². The highest BCUT2D eigenvalue weighted by molar-refractivity contribution is 6.00. The normalized spacial score (nSPS) is 19.6. The Hall–Kier alpha value is -1.82. The van der Waals surface area contributed by atoms with Crippen molar-refractivity contribution in [1.82, 2.24) is 4.90 Å². The molecule has 21 heavy (non-hydrogen) atoms. The number of benzene rings is 1. The second-order valence-electron chi connectivity index (χ2n) is 5.05. The van der Waals surface area contributed by atoms with Gasteiger partial charge in [-0.1, -0.05) is 0 Å². The zero-order valence-corrected chi connectivity index (χ0v) is 11.8. The zero-order chi connectivity index (χ0) is 15.4. The molecule has 1 aliphatic rings. The highest BCUT2D eigenvalue weighted by Crippen LogP contribution is 2.18. The van der Waals surface area contributed by atoms with E-state index in [4.69, 9.17) is 4.74 Å². The van der Waals surface area contributed by atoms with Crippen LogP contribution < -0.4 is 0 Å². The topological polar surface area (TPSA) is 46.6 Å². The van der Waals surface area contributed by atoms with Crippen molar-refractivity contribution in [3.05, 3.63) is 35.4 Å². The average molecular weight is 297 g/mol. The van der Waals surface area contributed by atoms with Gasteiger partial charge in [-0.2, -0.15) is 0 Å². The molecule has 1 aromatic carbocycles. The number of esters is 1. The van der Waals surface area contributed by atoms with E-state index >= 15 is 0 Å². The minimum absolute atomic E-state index is 0.0849. The van der Waals surface area contributed by atoms with Gasteiger partial charge < -0.3 is 4.74 Å². The fourth-order valence-electron chi connectivity index (χ4n) is 2.47. The van der Waals surface area contributed by atoms with Crippen molar-refractivity contribution in [2.45, 2.75) is 19.9 Å². The Labute approximate surface area is 121 Å². The molecule has 0 bridgehead atoms. The molecular weight excluding hydrogens is 280 g/mol. The number of rotatable bonds is 4. The molecule has 1 unspecified atom stereocenters. The predicted octanol–water partition coefficient (Wildman–Crippen LogP) is 1.92. The number of piperidine rings is 1. The Kier molecular flexibility index (Phi) is 5.01. The van der Waals surface area contributed by atoms with Crippen molar-refractivity contribution in [1.29, 1.82) is 0 Å². The van der Waals surface area contributed by atoms with Gasteiger partial charge in [-0.15, -0.1) is 0 Å². The van der Waals surface area contributed by atoms with Crippen molar-refractivity contribution in [3.63, 3.8) is 0 Å². The first-order chi connectivity index (χ1) is 9.99. The van der Waals surface area contributed by atoms with Crippen LogP contribution in [-0.4, -0.2) is 36.3 Å². The molecule has 1 atom stereocenters. The van der Waals surface area contributed by atoms with Crippen LogP contribution in [0, 0.1) is 17.6 Å². The molecule has 1 aromatic rings. The first kappa shape index (κ1) is 15.6. The van der Waals surface area contributed by atoms with Crippen LogP contribution in [0.15, 0.2) is 18.2 Å². The van der Waals surface area contributed by atoms with Gasteiger partial charge in [-0.05, 0) is 31.0 Å². The summed E-state index contributed by atoms with van der Waals surface area (Å²) in [6, 6.07) is 3.29. The van der Waals surface area contributed by atoms with Gasteiger partial charge in [0.15, 0.2) is 5.78 Å². The standard InChI is InChI=1S/C15H17F2NO3/c1-2-21-15(20)13-3-4-18(9-14(13)19)8-10-5-11(16)7-12(17)6-10/h5-7,13H,2-4,8-9H2,1H3.